The molecule has 1 aliphatic heterocycles. The molecule has 18 heavy (non-hydrogen) atoms. The van der Waals surface area contributed by atoms with Crippen LogP contribution in [-0.4, -0.2) is 41.2 Å². The molecule has 1 saturated heterocycles. The molecule has 0 unspecified atom stereocenters. The quantitative estimate of drug-likeness (QED) is 0.643. The number of rotatable bonds is 4. The molecule has 98 valence electrons. The number of nitrogens with zero attached hydrogens (tertiary/aromatic N) is 2. The SMILES string of the molecule is COc1cc(CN2CC[C@@H](O)C2)cc([N+](=O)[O-])c1. The Bertz CT molecular complexity index is 450. The van der Waals surface area contributed by atoms with Gasteiger partial charge in [0.1, 0.15) is 5.75 Å². The molecule has 1 atom stereocenters. The summed E-state index contributed by atoms with van der Waals surface area (Å²) >= 11 is 0. The van der Waals surface area contributed by atoms with Crippen LogP contribution in [0.4, 0.5) is 5.69 Å². The largest absolute Gasteiger partial charge is 0.496 e. The van der Waals surface area contributed by atoms with Crippen LogP contribution in [0.15, 0.2) is 18.2 Å². The van der Waals surface area contributed by atoms with E-state index in [9.17, 15) is 15.2 Å². The number of likely N-dealkylation sites (tertiary alicyclic amines) is 1. The van der Waals surface area contributed by atoms with Gasteiger partial charge in [-0.2, -0.15) is 0 Å². The Labute approximate surface area is 105 Å². The van der Waals surface area contributed by atoms with Gasteiger partial charge in [-0.05, 0) is 18.1 Å². The molecule has 0 spiro atoms. The molecule has 0 aromatic heterocycles. The van der Waals surface area contributed by atoms with Gasteiger partial charge in [0.05, 0.1) is 24.2 Å². The van der Waals surface area contributed by atoms with E-state index < -0.39 is 4.92 Å². The van der Waals surface area contributed by atoms with Gasteiger partial charge in [0.15, 0.2) is 0 Å². The van der Waals surface area contributed by atoms with Gasteiger partial charge in [-0.1, -0.05) is 0 Å². The molecular formula is C12H16N2O4. The third-order valence-corrected chi connectivity index (χ3v) is 3.05. The van der Waals surface area contributed by atoms with Gasteiger partial charge in [-0.3, -0.25) is 15.0 Å². The van der Waals surface area contributed by atoms with Gasteiger partial charge >= 0.3 is 0 Å². The van der Waals surface area contributed by atoms with Crippen LogP contribution in [0.5, 0.6) is 5.75 Å². The Kier molecular flexibility index (Phi) is 3.78. The van der Waals surface area contributed by atoms with Crippen molar-refractivity contribution in [3.8, 4) is 5.75 Å². The molecule has 1 aromatic carbocycles. The summed E-state index contributed by atoms with van der Waals surface area (Å²) in [7, 11) is 1.49. The molecule has 1 fully saturated rings. The Morgan fingerprint density at radius 3 is 2.89 bits per heavy atom. The van der Waals surface area contributed by atoms with Crippen molar-refractivity contribution in [3.63, 3.8) is 0 Å². The van der Waals surface area contributed by atoms with Crippen LogP contribution in [0.3, 0.4) is 0 Å². The second kappa shape index (κ2) is 5.32. The summed E-state index contributed by atoms with van der Waals surface area (Å²) in [4.78, 5) is 12.5. The van der Waals surface area contributed by atoms with E-state index >= 15 is 0 Å². The summed E-state index contributed by atoms with van der Waals surface area (Å²) in [6, 6.07) is 4.74. The van der Waals surface area contributed by atoms with Crippen molar-refractivity contribution in [1.29, 1.82) is 0 Å². The molecule has 6 nitrogen and oxygen atoms in total. The number of aliphatic hydroxyl groups excluding tert-OH is 1. The molecule has 0 radical (unpaired) electrons. The second-order valence-corrected chi connectivity index (χ2v) is 4.47. The zero-order valence-corrected chi connectivity index (χ0v) is 10.2. The maximum atomic E-state index is 10.8. The first-order valence-corrected chi connectivity index (χ1v) is 5.81. The third-order valence-electron chi connectivity index (χ3n) is 3.05. The van der Waals surface area contributed by atoms with Gasteiger partial charge in [0, 0.05) is 25.7 Å². The van der Waals surface area contributed by atoms with E-state index in [2.05, 4.69) is 4.90 Å². The minimum absolute atomic E-state index is 0.0316. The highest BCUT2D eigenvalue weighted by Gasteiger charge is 2.21. The average Bonchev–Trinajstić information content (AvgIpc) is 2.74. The van der Waals surface area contributed by atoms with E-state index in [-0.39, 0.29) is 11.8 Å². The minimum atomic E-state index is -0.426. The van der Waals surface area contributed by atoms with Crippen molar-refractivity contribution in [3.05, 3.63) is 33.9 Å². The van der Waals surface area contributed by atoms with Crippen molar-refractivity contribution in [1.82, 2.24) is 4.90 Å². The van der Waals surface area contributed by atoms with Crippen LogP contribution in [0, 0.1) is 10.1 Å². The van der Waals surface area contributed by atoms with Crippen LogP contribution < -0.4 is 4.74 Å². The average molecular weight is 252 g/mol. The highest BCUT2D eigenvalue weighted by molar-refractivity contribution is 5.42. The zero-order valence-electron chi connectivity index (χ0n) is 10.2. The Morgan fingerprint density at radius 2 is 2.33 bits per heavy atom. The minimum Gasteiger partial charge on any atom is -0.496 e. The fourth-order valence-electron chi connectivity index (χ4n) is 2.17. The normalized spacial score (nSPS) is 20.0. The summed E-state index contributed by atoms with van der Waals surface area (Å²) in [5.74, 6) is 0.485. The topological polar surface area (TPSA) is 75.8 Å². The lowest BCUT2D eigenvalue weighted by Crippen LogP contribution is -2.21. The number of hydrogen-bond donors (Lipinski definition) is 1. The van der Waals surface area contributed by atoms with Crippen LogP contribution >= 0.6 is 0 Å². The maximum absolute atomic E-state index is 10.8. The van der Waals surface area contributed by atoms with E-state index in [1.54, 1.807) is 12.1 Å². The van der Waals surface area contributed by atoms with Crippen molar-refractivity contribution >= 4 is 5.69 Å². The summed E-state index contributed by atoms with van der Waals surface area (Å²) in [6.45, 7) is 2.02. The first-order chi connectivity index (χ1) is 8.58. The van der Waals surface area contributed by atoms with Gasteiger partial charge in [-0.25, -0.2) is 0 Å². The molecule has 0 aliphatic carbocycles. The molecule has 0 amide bonds. The molecular weight excluding hydrogens is 236 g/mol. The van der Waals surface area contributed by atoms with Gasteiger partial charge < -0.3 is 9.84 Å². The lowest BCUT2D eigenvalue weighted by Gasteiger charge is -2.15. The number of ether oxygens (including phenoxy) is 1. The fraction of sp³-hybridized carbons (Fsp3) is 0.500. The van der Waals surface area contributed by atoms with Crippen molar-refractivity contribution < 1.29 is 14.8 Å². The molecule has 1 N–H and O–H groups in total. The number of methoxy groups -OCH3 is 1. The van der Waals surface area contributed by atoms with E-state index in [0.717, 1.165) is 18.5 Å². The van der Waals surface area contributed by atoms with Crippen LogP contribution in [0.1, 0.15) is 12.0 Å². The number of nitro benzene ring substituents is 1. The molecule has 1 aliphatic rings. The summed E-state index contributed by atoms with van der Waals surface area (Å²) in [5.41, 5.74) is 0.860. The molecule has 2 rings (SSSR count). The number of hydrogen-bond acceptors (Lipinski definition) is 5. The Hall–Kier alpha value is -1.66. The molecule has 6 heteroatoms. The molecule has 0 saturated carbocycles. The predicted molar refractivity (Wildman–Crippen MR) is 65.5 cm³/mol. The summed E-state index contributed by atoms with van der Waals surface area (Å²) < 4.78 is 5.06. The maximum Gasteiger partial charge on any atom is 0.273 e. The lowest BCUT2D eigenvalue weighted by molar-refractivity contribution is -0.385. The van der Waals surface area contributed by atoms with Gasteiger partial charge in [-0.15, -0.1) is 0 Å². The van der Waals surface area contributed by atoms with Crippen molar-refractivity contribution in [2.24, 2.45) is 0 Å². The Morgan fingerprint density at radius 1 is 1.56 bits per heavy atom. The van der Waals surface area contributed by atoms with Crippen LogP contribution in [-0.2, 0) is 6.54 Å². The van der Waals surface area contributed by atoms with E-state index in [0.29, 0.717) is 18.8 Å². The first-order valence-electron chi connectivity index (χ1n) is 5.81. The highest BCUT2D eigenvalue weighted by atomic mass is 16.6. The van der Waals surface area contributed by atoms with Gasteiger partial charge in [0.2, 0.25) is 0 Å². The van der Waals surface area contributed by atoms with Gasteiger partial charge in [0.25, 0.3) is 5.69 Å². The van der Waals surface area contributed by atoms with Crippen LogP contribution in [0.25, 0.3) is 0 Å². The Balaban J connectivity index is 2.16. The fourth-order valence-corrected chi connectivity index (χ4v) is 2.17. The monoisotopic (exact) mass is 252 g/mol. The smallest absolute Gasteiger partial charge is 0.273 e. The second-order valence-electron chi connectivity index (χ2n) is 4.47. The van der Waals surface area contributed by atoms with Crippen LogP contribution in [0.2, 0.25) is 0 Å². The first kappa shape index (κ1) is 12.8. The zero-order chi connectivity index (χ0) is 13.1. The molecule has 1 heterocycles. The van der Waals surface area contributed by atoms with E-state index in [4.69, 9.17) is 4.74 Å². The third kappa shape index (κ3) is 2.96. The standard InChI is InChI=1S/C12H16N2O4/c1-18-12-5-9(4-10(6-12)14(16)17)7-13-3-2-11(15)8-13/h4-6,11,15H,2-3,7-8H2,1H3/t11-/m1/s1. The predicted octanol–water partition coefficient (Wildman–Crippen LogP) is 1.17. The van der Waals surface area contributed by atoms with Crippen molar-refractivity contribution in [2.45, 2.75) is 19.1 Å². The summed E-state index contributed by atoms with van der Waals surface area (Å²) in [6.07, 6.45) is 0.470. The molecule has 0 bridgehead atoms. The van der Waals surface area contributed by atoms with Crippen molar-refractivity contribution in [2.75, 3.05) is 20.2 Å². The summed E-state index contributed by atoms with van der Waals surface area (Å²) in [5, 5.41) is 20.3. The lowest BCUT2D eigenvalue weighted by atomic mass is 10.2. The molecule has 1 aromatic rings. The number of nitro groups is 1. The highest BCUT2D eigenvalue weighted by Crippen LogP contribution is 2.24. The van der Waals surface area contributed by atoms with E-state index in [1.807, 2.05) is 0 Å². The number of aliphatic hydroxyl groups is 1. The number of β-amino-alcohol motifs (C(OH)–C–C–N with tert-alkyl or cyclic N) is 1. The number of benzene rings is 1. The number of non-ortho nitro benzene ring substituents is 1. The van der Waals surface area contributed by atoms with E-state index in [1.165, 1.54) is 13.2 Å².